The van der Waals surface area contributed by atoms with Gasteiger partial charge in [0.2, 0.25) is 21.8 Å². The van der Waals surface area contributed by atoms with Crippen LogP contribution in [-0.2, 0) is 26.2 Å². The van der Waals surface area contributed by atoms with Gasteiger partial charge < -0.3 is 15.0 Å². The van der Waals surface area contributed by atoms with Gasteiger partial charge in [-0.05, 0) is 49.1 Å². The number of aryl methyl sites for hydroxylation is 1. The third-order valence-electron chi connectivity index (χ3n) is 5.40. The fourth-order valence-corrected chi connectivity index (χ4v) is 4.35. The van der Waals surface area contributed by atoms with Crippen molar-refractivity contribution in [3.8, 4) is 5.75 Å². The molecule has 2 aromatic rings. The highest BCUT2D eigenvalue weighted by molar-refractivity contribution is 7.92. The van der Waals surface area contributed by atoms with Crippen molar-refractivity contribution in [2.45, 2.75) is 40.3 Å². The van der Waals surface area contributed by atoms with Gasteiger partial charge in [-0.2, -0.15) is 0 Å². The molecule has 0 spiro atoms. The lowest BCUT2D eigenvalue weighted by Crippen LogP contribution is -2.51. The summed E-state index contributed by atoms with van der Waals surface area (Å²) in [4.78, 5) is 27.8. The lowest BCUT2D eigenvalue weighted by Gasteiger charge is -2.32. The number of carbonyl (C=O) groups excluding carboxylic acids is 2. The predicted molar refractivity (Wildman–Crippen MR) is 134 cm³/mol. The van der Waals surface area contributed by atoms with Crippen molar-refractivity contribution >= 4 is 27.5 Å². The van der Waals surface area contributed by atoms with Gasteiger partial charge in [0.15, 0.2) is 0 Å². The van der Waals surface area contributed by atoms with Crippen LogP contribution in [0, 0.1) is 12.8 Å². The molecular formula is C25H35N3O5S. The van der Waals surface area contributed by atoms with E-state index in [1.807, 2.05) is 19.9 Å². The Bertz CT molecular complexity index is 1100. The molecule has 0 bridgehead atoms. The molecule has 2 amide bonds. The Morgan fingerprint density at radius 3 is 2.32 bits per heavy atom. The lowest BCUT2D eigenvalue weighted by atomic mass is 10.1. The number of carbonyl (C=O) groups is 2. The average molecular weight is 490 g/mol. The number of benzene rings is 2. The Morgan fingerprint density at radius 2 is 1.74 bits per heavy atom. The van der Waals surface area contributed by atoms with Crippen LogP contribution in [0.1, 0.15) is 31.9 Å². The minimum Gasteiger partial charge on any atom is -0.497 e. The number of sulfonamides is 1. The van der Waals surface area contributed by atoms with E-state index in [4.69, 9.17) is 4.74 Å². The number of anilines is 1. The first-order valence-corrected chi connectivity index (χ1v) is 13.0. The molecule has 9 heteroatoms. The summed E-state index contributed by atoms with van der Waals surface area (Å²) in [5.74, 6) is 0.0930. The molecule has 0 radical (unpaired) electrons. The molecule has 2 aromatic carbocycles. The van der Waals surface area contributed by atoms with E-state index in [2.05, 4.69) is 5.32 Å². The number of ether oxygens (including phenoxy) is 1. The first-order chi connectivity index (χ1) is 15.9. The number of rotatable bonds is 11. The molecule has 0 aliphatic heterocycles. The third kappa shape index (κ3) is 7.48. The number of nitrogens with one attached hydrogen (secondary N) is 1. The first kappa shape index (κ1) is 27.2. The highest BCUT2D eigenvalue weighted by Crippen LogP contribution is 2.23. The molecule has 1 atom stereocenters. The van der Waals surface area contributed by atoms with Crippen LogP contribution in [0.5, 0.6) is 5.75 Å². The molecule has 1 N–H and O–H groups in total. The second-order valence-electron chi connectivity index (χ2n) is 8.74. The molecule has 8 nitrogen and oxygen atoms in total. The van der Waals surface area contributed by atoms with E-state index in [1.165, 1.54) is 4.90 Å². The second kappa shape index (κ2) is 11.9. The van der Waals surface area contributed by atoms with E-state index in [0.717, 1.165) is 21.7 Å². The van der Waals surface area contributed by atoms with Crippen LogP contribution in [-0.4, -0.2) is 57.6 Å². The van der Waals surface area contributed by atoms with Gasteiger partial charge in [-0.25, -0.2) is 8.42 Å². The second-order valence-corrected chi connectivity index (χ2v) is 10.7. The molecule has 0 saturated heterocycles. The lowest BCUT2D eigenvalue weighted by molar-refractivity contribution is -0.139. The topological polar surface area (TPSA) is 96.0 Å². The first-order valence-electron chi connectivity index (χ1n) is 11.2. The van der Waals surface area contributed by atoms with Crippen molar-refractivity contribution in [2.75, 3.05) is 30.8 Å². The van der Waals surface area contributed by atoms with Crippen LogP contribution in [0.2, 0.25) is 0 Å². The Morgan fingerprint density at radius 1 is 1.06 bits per heavy atom. The van der Waals surface area contributed by atoms with Crippen molar-refractivity contribution in [1.82, 2.24) is 10.2 Å². The molecule has 0 aliphatic carbocycles. The molecule has 34 heavy (non-hydrogen) atoms. The molecule has 0 aliphatic rings. The summed E-state index contributed by atoms with van der Waals surface area (Å²) < 4.78 is 31.6. The minimum absolute atomic E-state index is 0.123. The normalized spacial score (nSPS) is 12.2. The fourth-order valence-electron chi connectivity index (χ4n) is 3.44. The summed E-state index contributed by atoms with van der Waals surface area (Å²) in [6, 6.07) is 13.4. The molecule has 186 valence electrons. The number of hydrogen-bond donors (Lipinski definition) is 1. The van der Waals surface area contributed by atoms with E-state index < -0.39 is 28.5 Å². The molecule has 0 heterocycles. The third-order valence-corrected chi connectivity index (χ3v) is 6.53. The van der Waals surface area contributed by atoms with Gasteiger partial charge in [-0.3, -0.25) is 13.9 Å². The molecule has 0 fully saturated rings. The summed E-state index contributed by atoms with van der Waals surface area (Å²) in [6.45, 7) is 7.57. The number of methoxy groups -OCH3 is 1. The molecule has 2 rings (SSSR count). The van der Waals surface area contributed by atoms with Crippen LogP contribution in [0.25, 0.3) is 0 Å². The summed E-state index contributed by atoms with van der Waals surface area (Å²) in [6.07, 6.45) is 1.07. The number of nitrogens with zero attached hydrogens (tertiary/aromatic N) is 2. The van der Waals surface area contributed by atoms with Crippen LogP contribution in [0.4, 0.5) is 5.69 Å². The standard InChI is InChI=1S/C25H35N3O5S/c1-18(2)15-26-25(30)20(4)27(16-21-11-9-12-22(14-21)33-5)24(29)17-28(34(6,31)32)23-13-8-7-10-19(23)3/h7-14,18,20H,15-17H2,1-6H3,(H,26,30)/t20-/m1/s1. The minimum atomic E-state index is -3.75. The van der Waals surface area contributed by atoms with Crippen molar-refractivity contribution in [1.29, 1.82) is 0 Å². The quantitative estimate of drug-likeness (QED) is 0.524. The maximum Gasteiger partial charge on any atom is 0.244 e. The average Bonchev–Trinajstić information content (AvgIpc) is 2.78. The van der Waals surface area contributed by atoms with Gasteiger partial charge in [0, 0.05) is 13.1 Å². The monoisotopic (exact) mass is 489 g/mol. The smallest absolute Gasteiger partial charge is 0.244 e. The van der Waals surface area contributed by atoms with Crippen molar-refractivity contribution in [3.05, 3.63) is 59.7 Å². The number of amides is 2. The molecule has 0 saturated carbocycles. The van der Waals surface area contributed by atoms with Gasteiger partial charge in [-0.15, -0.1) is 0 Å². The Hall–Kier alpha value is -3.07. The Labute approximate surface area is 202 Å². The van der Waals surface area contributed by atoms with Crippen LogP contribution in [0.15, 0.2) is 48.5 Å². The van der Waals surface area contributed by atoms with Gasteiger partial charge in [-0.1, -0.05) is 44.2 Å². The molecular weight excluding hydrogens is 454 g/mol. The fraction of sp³-hybridized carbons (Fsp3) is 0.440. The molecule has 0 unspecified atom stereocenters. The summed E-state index contributed by atoms with van der Waals surface area (Å²) in [5.41, 5.74) is 1.91. The van der Waals surface area contributed by atoms with E-state index >= 15 is 0 Å². The Balaban J connectivity index is 2.39. The van der Waals surface area contributed by atoms with E-state index in [-0.39, 0.29) is 18.4 Å². The zero-order valence-corrected chi connectivity index (χ0v) is 21.6. The molecule has 0 aromatic heterocycles. The number of para-hydroxylation sites is 1. The zero-order chi connectivity index (χ0) is 25.5. The van der Waals surface area contributed by atoms with Gasteiger partial charge >= 0.3 is 0 Å². The maximum absolute atomic E-state index is 13.5. The maximum atomic E-state index is 13.5. The summed E-state index contributed by atoms with van der Waals surface area (Å²) in [7, 11) is -2.20. The van der Waals surface area contributed by atoms with Gasteiger partial charge in [0.25, 0.3) is 0 Å². The van der Waals surface area contributed by atoms with E-state index in [9.17, 15) is 18.0 Å². The summed E-state index contributed by atoms with van der Waals surface area (Å²) in [5, 5.41) is 2.86. The predicted octanol–water partition coefficient (Wildman–Crippen LogP) is 2.96. The SMILES string of the molecule is COc1cccc(CN(C(=O)CN(c2ccccc2C)S(C)(=O)=O)[C@H](C)C(=O)NCC(C)C)c1. The highest BCUT2D eigenvalue weighted by atomic mass is 32.2. The Kier molecular flexibility index (Phi) is 9.49. The van der Waals surface area contributed by atoms with Crippen molar-refractivity contribution in [2.24, 2.45) is 5.92 Å². The van der Waals surface area contributed by atoms with E-state index in [0.29, 0.717) is 18.0 Å². The van der Waals surface area contributed by atoms with Gasteiger partial charge in [0.05, 0.1) is 19.1 Å². The highest BCUT2D eigenvalue weighted by Gasteiger charge is 2.30. The van der Waals surface area contributed by atoms with Crippen molar-refractivity contribution in [3.63, 3.8) is 0 Å². The van der Waals surface area contributed by atoms with E-state index in [1.54, 1.807) is 63.4 Å². The number of hydrogen-bond acceptors (Lipinski definition) is 5. The summed E-state index contributed by atoms with van der Waals surface area (Å²) >= 11 is 0. The van der Waals surface area contributed by atoms with Crippen LogP contribution < -0.4 is 14.4 Å². The van der Waals surface area contributed by atoms with Crippen LogP contribution >= 0.6 is 0 Å². The zero-order valence-electron chi connectivity index (χ0n) is 20.7. The van der Waals surface area contributed by atoms with Crippen molar-refractivity contribution < 1.29 is 22.7 Å². The van der Waals surface area contributed by atoms with Crippen LogP contribution in [0.3, 0.4) is 0 Å². The van der Waals surface area contributed by atoms with Gasteiger partial charge in [0.1, 0.15) is 18.3 Å². The largest absolute Gasteiger partial charge is 0.497 e.